The summed E-state index contributed by atoms with van der Waals surface area (Å²) in [5.41, 5.74) is 1.82. The number of nitrogens with one attached hydrogen (secondary N) is 2. The van der Waals surface area contributed by atoms with Gasteiger partial charge in [0.1, 0.15) is 5.69 Å². The van der Waals surface area contributed by atoms with E-state index in [1.807, 2.05) is 23.1 Å². The lowest BCUT2D eigenvalue weighted by Crippen LogP contribution is -2.30. The zero-order chi connectivity index (χ0) is 17.2. The van der Waals surface area contributed by atoms with E-state index in [1.165, 1.54) is 11.3 Å². The van der Waals surface area contributed by atoms with Gasteiger partial charge in [0.05, 0.1) is 18.0 Å². The number of carbonyl (C=O) groups is 1. The number of aromatic nitrogens is 4. The van der Waals surface area contributed by atoms with E-state index in [4.69, 9.17) is 4.42 Å². The van der Waals surface area contributed by atoms with E-state index in [1.54, 1.807) is 12.3 Å². The van der Waals surface area contributed by atoms with E-state index < -0.39 is 0 Å². The van der Waals surface area contributed by atoms with Gasteiger partial charge in [0, 0.05) is 5.38 Å². The summed E-state index contributed by atoms with van der Waals surface area (Å²) < 4.78 is 7.18. The second kappa shape index (κ2) is 6.77. The molecule has 25 heavy (non-hydrogen) atoms. The van der Waals surface area contributed by atoms with Crippen LogP contribution in [0.15, 0.2) is 28.2 Å². The van der Waals surface area contributed by atoms with Gasteiger partial charge in [0.15, 0.2) is 16.6 Å². The van der Waals surface area contributed by atoms with Crippen LogP contribution in [0, 0.1) is 6.92 Å². The molecule has 0 aliphatic carbocycles. The van der Waals surface area contributed by atoms with E-state index in [2.05, 4.69) is 25.9 Å². The molecule has 1 saturated heterocycles. The predicted molar refractivity (Wildman–Crippen MR) is 93.7 cm³/mol. The summed E-state index contributed by atoms with van der Waals surface area (Å²) in [6, 6.07) is 3.92. The minimum absolute atomic E-state index is 0.292. The Hall–Kier alpha value is -2.52. The number of thiazole rings is 1. The number of rotatable bonds is 4. The van der Waals surface area contributed by atoms with Gasteiger partial charge in [-0.2, -0.15) is 0 Å². The molecule has 8 nitrogen and oxygen atoms in total. The molecule has 0 unspecified atom stereocenters. The Bertz CT molecular complexity index is 863. The average Bonchev–Trinajstić information content (AvgIpc) is 3.35. The molecule has 2 N–H and O–H groups in total. The van der Waals surface area contributed by atoms with Crippen molar-refractivity contribution in [2.45, 2.75) is 25.8 Å². The van der Waals surface area contributed by atoms with Gasteiger partial charge >= 0.3 is 0 Å². The summed E-state index contributed by atoms with van der Waals surface area (Å²) in [6.07, 6.45) is 3.57. The Labute approximate surface area is 148 Å². The second-order valence-electron chi connectivity index (χ2n) is 5.92. The number of furan rings is 1. The smallest absolute Gasteiger partial charge is 0.279 e. The van der Waals surface area contributed by atoms with Gasteiger partial charge in [-0.3, -0.25) is 10.1 Å². The molecule has 0 aromatic carbocycles. The number of amides is 1. The first-order valence-electron chi connectivity index (χ1n) is 8.15. The van der Waals surface area contributed by atoms with Gasteiger partial charge < -0.3 is 9.73 Å². The maximum absolute atomic E-state index is 12.5. The molecule has 1 fully saturated rings. The molecule has 3 aromatic heterocycles. The Balaban J connectivity index is 1.49. The molecule has 9 heteroatoms. The van der Waals surface area contributed by atoms with Crippen LogP contribution in [0.3, 0.4) is 0 Å². The lowest BCUT2D eigenvalue weighted by atomic mass is 10.1. The average molecular weight is 358 g/mol. The van der Waals surface area contributed by atoms with Crippen LogP contribution < -0.4 is 10.6 Å². The van der Waals surface area contributed by atoms with Gasteiger partial charge in [0.25, 0.3) is 5.91 Å². The summed E-state index contributed by atoms with van der Waals surface area (Å²) in [5.74, 6) is 0.378. The monoisotopic (exact) mass is 358 g/mol. The molecule has 0 atom stereocenters. The highest BCUT2D eigenvalue weighted by Crippen LogP contribution is 2.26. The zero-order valence-corrected chi connectivity index (χ0v) is 14.5. The molecule has 0 saturated carbocycles. The number of anilines is 1. The topological polar surface area (TPSA) is 97.9 Å². The van der Waals surface area contributed by atoms with E-state index in [0.29, 0.717) is 28.3 Å². The Kier molecular flexibility index (Phi) is 4.33. The van der Waals surface area contributed by atoms with Gasteiger partial charge in [-0.25, -0.2) is 9.67 Å². The molecule has 1 amide bonds. The summed E-state index contributed by atoms with van der Waals surface area (Å²) >= 11 is 1.35. The van der Waals surface area contributed by atoms with Crippen molar-refractivity contribution in [3.63, 3.8) is 0 Å². The van der Waals surface area contributed by atoms with Crippen molar-refractivity contribution in [2.75, 3.05) is 18.4 Å². The first kappa shape index (κ1) is 16.0. The van der Waals surface area contributed by atoms with Crippen molar-refractivity contribution < 1.29 is 9.21 Å². The van der Waals surface area contributed by atoms with E-state index >= 15 is 0 Å². The maximum Gasteiger partial charge on any atom is 0.279 e. The molecule has 1 aliphatic heterocycles. The molecule has 0 radical (unpaired) electrons. The number of hydrogen-bond acceptors (Lipinski definition) is 7. The highest BCUT2D eigenvalue weighted by atomic mass is 32.1. The van der Waals surface area contributed by atoms with Crippen molar-refractivity contribution in [3.05, 3.63) is 35.2 Å². The molecular formula is C16H18N6O2S. The molecule has 130 valence electrons. The summed E-state index contributed by atoms with van der Waals surface area (Å²) in [6.45, 7) is 3.80. The summed E-state index contributed by atoms with van der Waals surface area (Å²) in [4.78, 5) is 16.9. The predicted octanol–water partition coefficient (Wildman–Crippen LogP) is 2.48. The molecule has 1 aliphatic rings. The molecule has 4 heterocycles. The minimum Gasteiger partial charge on any atom is -0.463 e. The maximum atomic E-state index is 12.5. The van der Waals surface area contributed by atoms with Gasteiger partial charge in [-0.05, 0) is 45.0 Å². The Morgan fingerprint density at radius 1 is 1.44 bits per heavy atom. The third-order valence-electron chi connectivity index (χ3n) is 4.30. The molecule has 0 spiro atoms. The van der Waals surface area contributed by atoms with Crippen LogP contribution in [-0.4, -0.2) is 39.0 Å². The first-order chi connectivity index (χ1) is 12.2. The van der Waals surface area contributed by atoms with Gasteiger partial charge in [-0.1, -0.05) is 5.21 Å². The Morgan fingerprint density at radius 2 is 2.28 bits per heavy atom. The molecular weight excluding hydrogens is 340 g/mol. The number of hydrogen-bond donors (Lipinski definition) is 2. The second-order valence-corrected chi connectivity index (χ2v) is 6.78. The Morgan fingerprint density at radius 3 is 3.04 bits per heavy atom. The molecule has 3 aromatic rings. The third-order valence-corrected chi connectivity index (χ3v) is 5.05. The quantitative estimate of drug-likeness (QED) is 0.743. The van der Waals surface area contributed by atoms with Crippen LogP contribution >= 0.6 is 11.3 Å². The SMILES string of the molecule is Cc1c(C(=O)Nc2nc(-c3ccco3)cs2)nnn1C1CCNCC1. The van der Waals surface area contributed by atoms with Crippen molar-refractivity contribution >= 4 is 22.4 Å². The van der Waals surface area contributed by atoms with Crippen LogP contribution in [0.4, 0.5) is 5.13 Å². The van der Waals surface area contributed by atoms with Gasteiger partial charge in [-0.15, -0.1) is 16.4 Å². The van der Waals surface area contributed by atoms with Crippen LogP contribution in [0.5, 0.6) is 0 Å². The number of carbonyl (C=O) groups excluding carboxylic acids is 1. The van der Waals surface area contributed by atoms with Crippen molar-refractivity contribution in [3.8, 4) is 11.5 Å². The summed E-state index contributed by atoms with van der Waals surface area (Å²) in [5, 5.41) is 16.7. The van der Waals surface area contributed by atoms with E-state index in [0.717, 1.165) is 31.6 Å². The highest BCUT2D eigenvalue weighted by Gasteiger charge is 2.23. The van der Waals surface area contributed by atoms with Crippen LogP contribution in [0.2, 0.25) is 0 Å². The lowest BCUT2D eigenvalue weighted by molar-refractivity contribution is 0.102. The fourth-order valence-electron chi connectivity index (χ4n) is 2.97. The van der Waals surface area contributed by atoms with Gasteiger partial charge in [0.2, 0.25) is 0 Å². The summed E-state index contributed by atoms with van der Waals surface area (Å²) in [7, 11) is 0. The lowest BCUT2D eigenvalue weighted by Gasteiger charge is -2.23. The zero-order valence-electron chi connectivity index (χ0n) is 13.7. The standard InChI is InChI=1S/C16H18N6O2S/c1-10-14(20-21-22(10)11-4-6-17-7-5-11)15(23)19-16-18-12(9-25-16)13-3-2-8-24-13/h2-3,8-9,11,17H,4-7H2,1H3,(H,18,19,23). The fraction of sp³-hybridized carbons (Fsp3) is 0.375. The van der Waals surface area contributed by atoms with Crippen molar-refractivity contribution in [1.29, 1.82) is 0 Å². The fourth-order valence-corrected chi connectivity index (χ4v) is 3.67. The molecule has 4 rings (SSSR count). The number of nitrogens with zero attached hydrogens (tertiary/aromatic N) is 4. The van der Waals surface area contributed by atoms with Crippen LogP contribution in [0.25, 0.3) is 11.5 Å². The minimum atomic E-state index is -0.293. The number of piperidine rings is 1. The van der Waals surface area contributed by atoms with Crippen LogP contribution in [0.1, 0.15) is 35.1 Å². The van der Waals surface area contributed by atoms with Crippen LogP contribution in [-0.2, 0) is 0 Å². The normalized spacial score (nSPS) is 15.4. The molecule has 0 bridgehead atoms. The highest BCUT2D eigenvalue weighted by molar-refractivity contribution is 7.14. The largest absolute Gasteiger partial charge is 0.463 e. The van der Waals surface area contributed by atoms with Crippen molar-refractivity contribution in [2.24, 2.45) is 0 Å². The van der Waals surface area contributed by atoms with E-state index in [-0.39, 0.29) is 5.91 Å². The van der Waals surface area contributed by atoms with Crippen molar-refractivity contribution in [1.82, 2.24) is 25.3 Å². The van der Waals surface area contributed by atoms with E-state index in [9.17, 15) is 4.79 Å². The first-order valence-corrected chi connectivity index (χ1v) is 9.03. The third kappa shape index (κ3) is 3.20.